The predicted octanol–water partition coefficient (Wildman–Crippen LogP) is -2.62. The average Bonchev–Trinajstić information content (AvgIpc) is 1.83. The zero-order valence-electron chi connectivity index (χ0n) is 52.7. The third kappa shape index (κ3) is 24.0. The molecule has 6 rings (SSSR count). The van der Waals surface area contributed by atoms with E-state index in [0.717, 1.165) is 10.8 Å². The highest BCUT2D eigenvalue weighted by Crippen LogP contribution is 2.22. The van der Waals surface area contributed by atoms with Gasteiger partial charge >= 0.3 is 0 Å². The normalized spacial score (nSPS) is 16.2. The molecule has 0 bridgehead atoms. The van der Waals surface area contributed by atoms with E-state index >= 15 is 4.79 Å². The lowest BCUT2D eigenvalue weighted by atomic mass is 9.98. The molecule has 2 fully saturated rings. The number of phenols is 1. The smallest absolute Gasteiger partial charge is 0.245 e. The lowest BCUT2D eigenvalue weighted by molar-refractivity contribution is -0.142. The minimum absolute atomic E-state index is 0.00283. The Labute approximate surface area is 540 Å². The number of likely N-dealkylation sites (tertiary alicyclic amines) is 1. The number of primary amides is 2. The van der Waals surface area contributed by atoms with Crippen molar-refractivity contribution in [3.63, 3.8) is 0 Å². The summed E-state index contributed by atoms with van der Waals surface area (Å²) >= 11 is 0. The maximum atomic E-state index is 15.0. The molecule has 0 aromatic heterocycles. The zero-order valence-corrected chi connectivity index (χ0v) is 52.7. The van der Waals surface area contributed by atoms with E-state index in [4.69, 9.17) is 34.4 Å². The van der Waals surface area contributed by atoms with Crippen LogP contribution in [0.4, 0.5) is 0 Å². The van der Waals surface area contributed by atoms with Crippen LogP contribution >= 0.6 is 0 Å². The van der Waals surface area contributed by atoms with Gasteiger partial charge in [0, 0.05) is 65.1 Å². The van der Waals surface area contributed by atoms with Crippen LogP contribution in [-0.2, 0) is 67.2 Å². The summed E-state index contributed by atoms with van der Waals surface area (Å²) in [5.74, 6) is -8.40. The highest BCUT2D eigenvalue weighted by Gasteiger charge is 2.41. The Bertz CT molecular complexity index is 3280. The summed E-state index contributed by atoms with van der Waals surface area (Å²) in [5, 5.41) is 34.5. The molecule has 502 valence electrons. The van der Waals surface area contributed by atoms with Crippen LogP contribution in [0.15, 0.2) is 107 Å². The number of carbonyl (C=O) groups is 10. The number of fused-ring (bicyclic) bond motifs is 1. The Morgan fingerprint density at radius 3 is 1.62 bits per heavy atom. The second-order valence-corrected chi connectivity index (χ2v) is 23.7. The summed E-state index contributed by atoms with van der Waals surface area (Å²) in [6.45, 7) is 6.45. The van der Waals surface area contributed by atoms with Crippen LogP contribution in [-0.4, -0.2) is 187 Å². The largest absolute Gasteiger partial charge is 0.508 e. The van der Waals surface area contributed by atoms with Gasteiger partial charge in [-0.25, -0.2) is 0 Å². The Morgan fingerprint density at radius 2 is 1.04 bits per heavy atom. The van der Waals surface area contributed by atoms with Crippen LogP contribution in [0.3, 0.4) is 0 Å². The molecule has 29 heteroatoms. The summed E-state index contributed by atoms with van der Waals surface area (Å²) in [6, 6.07) is 17.6. The van der Waals surface area contributed by atoms with E-state index in [9.17, 15) is 48.3 Å². The topological polar surface area (TPSA) is 474 Å². The number of nitrogens with zero attached hydrogens (tertiary/aromatic N) is 4. The minimum Gasteiger partial charge on any atom is -0.508 e. The van der Waals surface area contributed by atoms with Gasteiger partial charge in [-0.15, -0.1) is 0 Å². The molecular weight excluding hydrogens is 1200 g/mol. The van der Waals surface area contributed by atoms with Gasteiger partial charge in [-0.1, -0.05) is 98.8 Å². The van der Waals surface area contributed by atoms with Crippen molar-refractivity contribution in [3.05, 3.63) is 114 Å². The Kier molecular flexibility index (Phi) is 28.1. The van der Waals surface area contributed by atoms with Crippen LogP contribution in [0.2, 0.25) is 0 Å². The van der Waals surface area contributed by atoms with E-state index in [-0.39, 0.29) is 108 Å². The van der Waals surface area contributed by atoms with Crippen LogP contribution in [0.1, 0.15) is 81.9 Å². The fourth-order valence-corrected chi connectivity index (χ4v) is 11.1. The number of hydrogen-bond acceptors (Lipinski definition) is 15. The number of aliphatic imine (C=N–C) groups is 2. The predicted molar refractivity (Wildman–Crippen MR) is 349 cm³/mol. The van der Waals surface area contributed by atoms with Crippen molar-refractivity contribution in [1.29, 1.82) is 0 Å². The molecular formula is C64H90N18O11. The summed E-state index contributed by atoms with van der Waals surface area (Å²) < 4.78 is 0. The van der Waals surface area contributed by atoms with Gasteiger partial charge in [-0.2, -0.15) is 0 Å². The molecule has 29 nitrogen and oxygen atoms in total. The second-order valence-electron chi connectivity index (χ2n) is 23.7. The first-order valence-corrected chi connectivity index (χ1v) is 31.3. The molecule has 2 aliphatic rings. The monoisotopic (exact) mass is 1290 g/mol. The fourth-order valence-electron chi connectivity index (χ4n) is 11.1. The zero-order chi connectivity index (χ0) is 67.6. The van der Waals surface area contributed by atoms with Crippen molar-refractivity contribution < 1.29 is 53.1 Å². The van der Waals surface area contributed by atoms with E-state index in [0.29, 0.717) is 49.3 Å². The Balaban J connectivity index is 1.27. The van der Waals surface area contributed by atoms with Gasteiger partial charge in [0.2, 0.25) is 59.1 Å². The standard InChI is InChI=1S/C64H90N18O11/c1-38(2)31-48(78-60(91)51(35-41-18-21-42-13-6-7-14-43(42)32-41)80-58(89)49(34-40-19-22-44(83)23-20-40)74-54(85)37-81-29-26-71-27-30-81)57(88)79-50(33-39-11-4-3-5-12-39)59(90)76-46(16-9-25-73-64(69)70)62(93)82-28-10-17-52(82)61(92)75-45(15-8-24-72-63(67)68)56(87)77-47(55(66)86)36-53(65)84/h3-7,11-14,18-23,32,38,45-52,71,83H,8-10,15-17,24-31,33-37H2,1-2H3,(H2,65,84)(H2,66,86)(H,74,85)(H,75,92)(H,76,90)(H,77,87)(H,78,91)(H,79,88)(H,80,89)(H4,67,68,72)(H4,69,70,73)/t45-,46-,47-,48-,49-,50-,51-,52-/m0/s1. The van der Waals surface area contributed by atoms with Gasteiger partial charge in [0.15, 0.2) is 11.9 Å². The van der Waals surface area contributed by atoms with E-state index in [1.165, 1.54) is 17.0 Å². The quantitative estimate of drug-likeness (QED) is 0.0127. The number of guanidine groups is 2. The highest BCUT2D eigenvalue weighted by atomic mass is 16.3. The molecule has 21 N–H and O–H groups in total. The molecule has 0 aliphatic carbocycles. The maximum Gasteiger partial charge on any atom is 0.245 e. The summed E-state index contributed by atoms with van der Waals surface area (Å²) in [7, 11) is 0. The van der Waals surface area contributed by atoms with E-state index in [1.54, 1.807) is 42.5 Å². The number of hydrogen-bond donors (Lipinski definition) is 15. The van der Waals surface area contributed by atoms with Crippen molar-refractivity contribution in [2.75, 3.05) is 52.4 Å². The van der Waals surface area contributed by atoms with Crippen molar-refractivity contribution in [2.24, 2.45) is 50.3 Å². The average molecular weight is 1290 g/mol. The van der Waals surface area contributed by atoms with Crippen molar-refractivity contribution >= 4 is 81.8 Å². The lowest BCUT2D eigenvalue weighted by Crippen LogP contribution is -2.61. The van der Waals surface area contributed by atoms with Gasteiger partial charge in [0.1, 0.15) is 54.1 Å². The minimum atomic E-state index is -1.51. The number of carbonyl (C=O) groups excluding carboxylic acids is 10. The summed E-state index contributed by atoms with van der Waals surface area (Å²) in [4.78, 5) is 152. The molecule has 2 heterocycles. The molecule has 2 saturated heterocycles. The number of phenolic OH excluding ortho intramolecular Hbond substituents is 1. The third-order valence-corrected chi connectivity index (χ3v) is 15.8. The van der Waals surface area contributed by atoms with Crippen LogP contribution < -0.4 is 76.9 Å². The van der Waals surface area contributed by atoms with Crippen molar-refractivity contribution in [2.45, 2.75) is 133 Å². The number of nitrogens with one attached hydrogen (secondary N) is 8. The SMILES string of the molecule is CC(C)C[C@H](NC(=O)[C@H](Cc1ccc2ccccc2c1)NC(=O)[C@H](Cc1ccc(O)cc1)NC(=O)CN1CCNCC1)C(=O)N[C@@H](Cc1ccccc1)C(=O)N[C@@H](CCCN=C(N)N)C(=O)N1CCC[C@H]1C(=O)N[C@@H](CCCN=C(N)N)C(=O)N[C@@H](CC(N)=O)C(N)=O. The van der Waals surface area contributed by atoms with Gasteiger partial charge in [-0.05, 0) is 90.5 Å². The fraction of sp³-hybridized carbons (Fsp3) is 0.469. The lowest BCUT2D eigenvalue weighted by Gasteiger charge is -2.31. The number of piperazine rings is 1. The Hall–Kier alpha value is -9.90. The molecule has 4 aromatic rings. The highest BCUT2D eigenvalue weighted by molar-refractivity contribution is 5.99. The van der Waals surface area contributed by atoms with Gasteiger partial charge < -0.3 is 86.9 Å². The number of rotatable bonds is 35. The number of aromatic hydroxyl groups is 1. The van der Waals surface area contributed by atoms with Gasteiger partial charge in [-0.3, -0.25) is 62.8 Å². The molecule has 10 amide bonds. The van der Waals surface area contributed by atoms with Crippen LogP contribution in [0, 0.1) is 5.92 Å². The maximum absolute atomic E-state index is 15.0. The van der Waals surface area contributed by atoms with Gasteiger partial charge in [0.05, 0.1) is 13.0 Å². The van der Waals surface area contributed by atoms with Crippen LogP contribution in [0.5, 0.6) is 5.75 Å². The molecule has 0 radical (unpaired) electrons. The Morgan fingerprint density at radius 1 is 0.548 bits per heavy atom. The van der Waals surface area contributed by atoms with Crippen LogP contribution in [0.25, 0.3) is 10.8 Å². The van der Waals surface area contributed by atoms with Crippen molar-refractivity contribution in [1.82, 2.24) is 52.3 Å². The first kappa shape index (κ1) is 72.2. The second kappa shape index (κ2) is 36.2. The third-order valence-electron chi connectivity index (χ3n) is 15.8. The number of amides is 10. The first-order chi connectivity index (χ1) is 44.4. The molecule has 4 aromatic carbocycles. The molecule has 2 aliphatic heterocycles. The van der Waals surface area contributed by atoms with E-state index < -0.39 is 114 Å². The number of benzene rings is 4. The molecule has 0 unspecified atom stereocenters. The molecule has 8 atom stereocenters. The van der Waals surface area contributed by atoms with Gasteiger partial charge in [0.25, 0.3) is 0 Å². The first-order valence-electron chi connectivity index (χ1n) is 31.3. The van der Waals surface area contributed by atoms with E-state index in [2.05, 4.69) is 52.5 Å². The number of nitrogens with two attached hydrogens (primary N) is 6. The molecule has 93 heavy (non-hydrogen) atoms. The summed E-state index contributed by atoms with van der Waals surface area (Å²) in [5.41, 5.74) is 34.9. The molecule has 0 spiro atoms. The summed E-state index contributed by atoms with van der Waals surface area (Å²) in [6.07, 6.45) is -0.0728. The van der Waals surface area contributed by atoms with Crippen molar-refractivity contribution in [3.8, 4) is 5.75 Å². The molecule has 0 saturated carbocycles. The van der Waals surface area contributed by atoms with E-state index in [1.807, 2.05) is 61.2 Å².